The minimum atomic E-state index is -4.50. The number of aromatic amines is 1. The van der Waals surface area contributed by atoms with E-state index in [2.05, 4.69) is 32.1 Å². The van der Waals surface area contributed by atoms with Gasteiger partial charge in [0.1, 0.15) is 0 Å². The molecule has 3 N–H and O–H groups in total. The van der Waals surface area contributed by atoms with Crippen LogP contribution in [0.5, 0.6) is 5.75 Å². The van der Waals surface area contributed by atoms with Crippen molar-refractivity contribution >= 4 is 41.3 Å². The fraction of sp³-hybridized carbons (Fsp3) is 0. The largest absolute Gasteiger partial charge is 0.524 e. The zero-order valence-electron chi connectivity index (χ0n) is 7.35. The number of benzene rings is 1. The van der Waals surface area contributed by atoms with Gasteiger partial charge >= 0.3 is 7.82 Å². The van der Waals surface area contributed by atoms with Crippen molar-refractivity contribution in [2.75, 3.05) is 0 Å². The van der Waals surface area contributed by atoms with E-state index in [4.69, 9.17) is 9.79 Å². The first-order valence-electron chi connectivity index (χ1n) is 3.97. The van der Waals surface area contributed by atoms with E-state index in [1.165, 1.54) is 6.20 Å². The summed E-state index contributed by atoms with van der Waals surface area (Å²) in [6, 6.07) is 5.50. The van der Waals surface area contributed by atoms with Crippen molar-refractivity contribution in [3.05, 3.63) is 28.0 Å². The Balaban J connectivity index is 2.53. The van der Waals surface area contributed by atoms with Gasteiger partial charge in [0.25, 0.3) is 0 Å². The molecular weight excluding hydrogens is 336 g/mol. The Bertz CT molecular complexity index is 547. The first kappa shape index (κ1) is 10.9. The van der Waals surface area contributed by atoms with E-state index in [0.717, 1.165) is 9.09 Å². The second-order valence-corrected chi connectivity index (χ2v) is 5.33. The van der Waals surface area contributed by atoms with E-state index < -0.39 is 7.82 Å². The Morgan fingerprint density at radius 1 is 1.40 bits per heavy atom. The summed E-state index contributed by atoms with van der Waals surface area (Å²) in [5.41, 5.74) is 0.777. The molecule has 0 fully saturated rings. The van der Waals surface area contributed by atoms with Crippen LogP contribution in [0, 0.1) is 3.57 Å². The molecule has 7 heteroatoms. The third-order valence-corrected chi connectivity index (χ3v) is 2.93. The molecule has 0 aliphatic rings. The van der Waals surface area contributed by atoms with E-state index in [1.807, 2.05) is 12.1 Å². The maximum absolute atomic E-state index is 10.7. The van der Waals surface area contributed by atoms with Gasteiger partial charge in [-0.05, 0) is 40.8 Å². The lowest BCUT2D eigenvalue weighted by Crippen LogP contribution is -1.88. The van der Waals surface area contributed by atoms with Crippen molar-refractivity contribution < 1.29 is 18.9 Å². The van der Waals surface area contributed by atoms with Crippen LogP contribution in [0.3, 0.4) is 0 Å². The van der Waals surface area contributed by atoms with Gasteiger partial charge in [-0.1, -0.05) is 0 Å². The Morgan fingerprint density at radius 3 is 2.80 bits per heavy atom. The first-order chi connectivity index (χ1) is 6.96. The number of phosphoric acid groups is 1. The summed E-state index contributed by atoms with van der Waals surface area (Å²) in [5, 5.41) is 0.658. The molecule has 0 radical (unpaired) electrons. The monoisotopic (exact) mass is 343 g/mol. The van der Waals surface area contributed by atoms with Crippen LogP contribution in [0.15, 0.2) is 24.4 Å². The van der Waals surface area contributed by atoms with Gasteiger partial charge in [-0.25, -0.2) is 4.57 Å². The number of H-pyrrole nitrogens is 1. The van der Waals surface area contributed by atoms with Crippen LogP contribution < -0.4 is 4.52 Å². The van der Waals surface area contributed by atoms with Crippen LogP contribution in [0.4, 0.5) is 0 Å². The topological polar surface area (TPSA) is 82.6 Å². The fourth-order valence-corrected chi connectivity index (χ4v) is 2.17. The highest BCUT2D eigenvalue weighted by Gasteiger charge is 2.18. The summed E-state index contributed by atoms with van der Waals surface area (Å²) in [7, 11) is -4.50. The quantitative estimate of drug-likeness (QED) is 0.577. The molecule has 2 rings (SSSR count). The number of hydrogen-bond donors (Lipinski definition) is 3. The number of halogens is 1. The van der Waals surface area contributed by atoms with E-state index in [0.29, 0.717) is 5.39 Å². The predicted octanol–water partition coefficient (Wildman–Crippen LogP) is 2.24. The summed E-state index contributed by atoms with van der Waals surface area (Å²) in [4.78, 5) is 20.2. The van der Waals surface area contributed by atoms with E-state index in [1.54, 1.807) is 6.07 Å². The summed E-state index contributed by atoms with van der Waals surface area (Å²) in [6.45, 7) is 0. The van der Waals surface area contributed by atoms with Crippen molar-refractivity contribution in [1.29, 1.82) is 0 Å². The molecule has 0 atom stereocenters. The predicted molar refractivity (Wildman–Crippen MR) is 63.7 cm³/mol. The van der Waals surface area contributed by atoms with Gasteiger partial charge < -0.3 is 9.51 Å². The smallest absolute Gasteiger partial charge is 0.402 e. The number of rotatable bonds is 2. The Labute approximate surface area is 98.8 Å². The van der Waals surface area contributed by atoms with E-state index in [-0.39, 0.29) is 5.75 Å². The standard InChI is InChI=1S/C8H7INO4P/c9-5-1-2-7-6(3-5)8(4-10-7)14-15(11,12)13/h1-4,10H,(H2,11,12,13)/i9+4. The second kappa shape index (κ2) is 3.79. The molecule has 15 heavy (non-hydrogen) atoms. The molecule has 0 bridgehead atoms. The first-order valence-corrected chi connectivity index (χ1v) is 6.58. The maximum atomic E-state index is 10.7. The molecule has 0 unspecified atom stereocenters. The summed E-state index contributed by atoms with van der Waals surface area (Å²) < 4.78 is 16.2. The lowest BCUT2D eigenvalue weighted by Gasteiger charge is -2.04. The summed E-state index contributed by atoms with van der Waals surface area (Å²) in [5.74, 6) is 0.164. The third kappa shape index (κ3) is 2.52. The van der Waals surface area contributed by atoms with Crippen LogP contribution in [-0.2, 0) is 4.57 Å². The number of aromatic nitrogens is 1. The van der Waals surface area contributed by atoms with Crippen LogP contribution in [0.2, 0.25) is 0 Å². The molecule has 1 aromatic carbocycles. The summed E-state index contributed by atoms with van der Waals surface area (Å²) >= 11 is 2.12. The minimum Gasteiger partial charge on any atom is -0.402 e. The van der Waals surface area contributed by atoms with Crippen LogP contribution >= 0.6 is 30.4 Å². The lowest BCUT2D eigenvalue weighted by atomic mass is 10.2. The highest BCUT2D eigenvalue weighted by atomic mass is 131. The number of hydrogen-bond acceptors (Lipinski definition) is 2. The molecular formula is C8H7INO4P. The minimum absolute atomic E-state index is 0.164. The molecule has 0 aliphatic heterocycles. The molecule has 2 aromatic rings. The summed E-state index contributed by atoms with van der Waals surface area (Å²) in [6.07, 6.45) is 1.43. The SMILES string of the molecule is O=P(O)(O)Oc1c[nH]c2ccc([131I])cc12. The van der Waals surface area contributed by atoms with Gasteiger partial charge in [0.2, 0.25) is 0 Å². The second-order valence-electron chi connectivity index (χ2n) is 2.92. The van der Waals surface area contributed by atoms with Gasteiger partial charge in [0.05, 0.1) is 0 Å². The molecule has 80 valence electrons. The molecule has 0 saturated carbocycles. The molecule has 0 saturated heterocycles. The zero-order valence-corrected chi connectivity index (χ0v) is 10.4. The molecule has 0 aliphatic carbocycles. The third-order valence-electron chi connectivity index (χ3n) is 1.82. The molecule has 0 amide bonds. The number of fused-ring (bicyclic) bond motifs is 1. The number of phosphoric ester groups is 1. The van der Waals surface area contributed by atoms with E-state index >= 15 is 0 Å². The Morgan fingerprint density at radius 2 is 2.13 bits per heavy atom. The van der Waals surface area contributed by atoms with Crippen molar-refractivity contribution in [1.82, 2.24) is 4.98 Å². The van der Waals surface area contributed by atoms with Gasteiger partial charge in [0, 0.05) is 20.7 Å². The normalized spacial score (nSPS) is 11.9. The number of nitrogens with one attached hydrogen (secondary N) is 1. The van der Waals surface area contributed by atoms with Crippen LogP contribution in [-0.4, -0.2) is 14.8 Å². The van der Waals surface area contributed by atoms with Gasteiger partial charge in [-0.3, -0.25) is 9.79 Å². The highest BCUT2D eigenvalue weighted by Crippen LogP contribution is 2.40. The van der Waals surface area contributed by atoms with Crippen molar-refractivity contribution in [3.8, 4) is 5.75 Å². The van der Waals surface area contributed by atoms with Crippen molar-refractivity contribution in [2.24, 2.45) is 0 Å². The Kier molecular flexibility index (Phi) is 2.76. The Hall–Kier alpha value is -0.560. The molecule has 1 aromatic heterocycles. The highest BCUT2D eigenvalue weighted by molar-refractivity contribution is 14.1. The van der Waals surface area contributed by atoms with Crippen molar-refractivity contribution in [2.45, 2.75) is 0 Å². The molecule has 0 spiro atoms. The van der Waals surface area contributed by atoms with Gasteiger partial charge in [-0.2, -0.15) is 0 Å². The van der Waals surface area contributed by atoms with Gasteiger partial charge in [0.15, 0.2) is 5.75 Å². The van der Waals surface area contributed by atoms with Crippen LogP contribution in [0.1, 0.15) is 0 Å². The van der Waals surface area contributed by atoms with Crippen LogP contribution in [0.25, 0.3) is 10.9 Å². The maximum Gasteiger partial charge on any atom is 0.524 e. The lowest BCUT2D eigenvalue weighted by molar-refractivity contribution is 0.284. The molecule has 1 heterocycles. The average Bonchev–Trinajstić information content (AvgIpc) is 2.46. The van der Waals surface area contributed by atoms with E-state index in [9.17, 15) is 4.57 Å². The fourth-order valence-electron chi connectivity index (χ4n) is 1.27. The van der Waals surface area contributed by atoms with Gasteiger partial charge in [-0.15, -0.1) is 0 Å². The molecule has 5 nitrogen and oxygen atoms in total. The zero-order chi connectivity index (χ0) is 11.1. The van der Waals surface area contributed by atoms with Crippen molar-refractivity contribution in [3.63, 3.8) is 0 Å². The average molecular weight is 343 g/mol.